The van der Waals surface area contributed by atoms with Crippen molar-refractivity contribution in [1.82, 2.24) is 19.4 Å². The Hall–Kier alpha value is -5.85. The number of ether oxygens (including phenoxy) is 1. The highest BCUT2D eigenvalue weighted by Gasteiger charge is 2.32. The van der Waals surface area contributed by atoms with Gasteiger partial charge in [0.1, 0.15) is 12.4 Å². The Labute approximate surface area is 308 Å². The third-order valence-electron chi connectivity index (χ3n) is 9.51. The maximum atomic E-state index is 14.6. The highest BCUT2D eigenvalue weighted by molar-refractivity contribution is 5.82. The fraction of sp³-hybridized carbons (Fsp3) is 0.268. The Morgan fingerprint density at radius 1 is 0.889 bits per heavy atom. The number of rotatable bonds is 10. The van der Waals surface area contributed by atoms with Crippen molar-refractivity contribution in [3.05, 3.63) is 148 Å². The van der Waals surface area contributed by atoms with Gasteiger partial charge in [-0.3, -0.25) is 9.59 Å². The number of hydrogen-bond acceptors (Lipinski definition) is 5. The van der Waals surface area contributed by atoms with Crippen molar-refractivity contribution >= 4 is 22.9 Å². The smallest absolute Gasteiger partial charge is 0.416 e. The van der Waals surface area contributed by atoms with E-state index < -0.39 is 35.0 Å². The number of aromatic nitrogens is 2. The summed E-state index contributed by atoms with van der Waals surface area (Å²) >= 11 is 0. The van der Waals surface area contributed by atoms with Crippen LogP contribution in [0.4, 0.5) is 26.7 Å². The van der Waals surface area contributed by atoms with Crippen molar-refractivity contribution in [2.45, 2.75) is 57.9 Å². The monoisotopic (exact) mass is 744 g/mol. The normalized spacial score (nSPS) is 13.6. The van der Waals surface area contributed by atoms with Crippen molar-refractivity contribution in [3.63, 3.8) is 0 Å². The number of carbonyl (C=O) groups is 2. The molecule has 1 fully saturated rings. The molecule has 5 aromatic rings. The Kier molecular flexibility index (Phi) is 11.2. The van der Waals surface area contributed by atoms with E-state index in [1.165, 1.54) is 24.3 Å². The van der Waals surface area contributed by atoms with Crippen LogP contribution in [0.15, 0.2) is 108 Å². The van der Waals surface area contributed by atoms with Gasteiger partial charge >= 0.3 is 12.3 Å². The lowest BCUT2D eigenvalue weighted by Gasteiger charge is -2.38. The summed E-state index contributed by atoms with van der Waals surface area (Å²) in [4.78, 5) is 47.7. The van der Waals surface area contributed by atoms with Gasteiger partial charge in [0.25, 0.3) is 5.56 Å². The minimum atomic E-state index is -4.45. The first kappa shape index (κ1) is 37.9. The third-order valence-corrected chi connectivity index (χ3v) is 9.51. The fourth-order valence-corrected chi connectivity index (χ4v) is 6.69. The van der Waals surface area contributed by atoms with E-state index in [-0.39, 0.29) is 55.0 Å². The molecule has 0 aliphatic carbocycles. The standard InChI is InChI=1S/C41H37F5N4O4/c1-26(2)54-40(53)48-22-20-32(21-23-48)49(24-27-10-12-28(13-11-27)29-14-17-31(18-15-29)41(44,45)46)37(51)25-50-35-9-4-3-7-33(35)39(52)47-36(50)19-16-30-6-5-8-34(42)38(30)43/h3-15,17-18,32H,1,16,19-25H2,2H3. The molecule has 0 radical (unpaired) electrons. The predicted molar refractivity (Wildman–Crippen MR) is 193 cm³/mol. The zero-order valence-corrected chi connectivity index (χ0v) is 29.4. The van der Waals surface area contributed by atoms with Crippen LogP contribution in [-0.2, 0) is 41.6 Å². The summed E-state index contributed by atoms with van der Waals surface area (Å²) in [6.45, 7) is 5.78. The fourth-order valence-electron chi connectivity index (χ4n) is 6.69. The number of halogens is 5. The second kappa shape index (κ2) is 16.0. The van der Waals surface area contributed by atoms with Crippen molar-refractivity contribution in [2.24, 2.45) is 0 Å². The highest BCUT2D eigenvalue weighted by Crippen LogP contribution is 2.31. The van der Waals surface area contributed by atoms with Gasteiger partial charge in [-0.1, -0.05) is 67.2 Å². The number of carbonyl (C=O) groups excluding carboxylic acids is 2. The molecule has 6 rings (SSSR count). The zero-order valence-electron chi connectivity index (χ0n) is 29.4. The largest absolute Gasteiger partial charge is 0.416 e. The molecule has 0 unspecified atom stereocenters. The molecule has 0 bridgehead atoms. The summed E-state index contributed by atoms with van der Waals surface area (Å²) in [6, 6.07) is 22.3. The number of piperidine rings is 1. The van der Waals surface area contributed by atoms with Crippen molar-refractivity contribution in [3.8, 4) is 11.1 Å². The van der Waals surface area contributed by atoms with Crippen LogP contribution in [0.2, 0.25) is 0 Å². The number of alkyl halides is 3. The molecule has 0 spiro atoms. The number of hydrogen-bond donors (Lipinski definition) is 0. The maximum absolute atomic E-state index is 14.6. The molecule has 0 saturated carbocycles. The van der Waals surface area contributed by atoms with Crippen LogP contribution in [0.25, 0.3) is 22.0 Å². The molecule has 2 amide bonds. The molecule has 280 valence electrons. The van der Waals surface area contributed by atoms with Gasteiger partial charge in [0, 0.05) is 32.1 Å². The number of nitrogens with zero attached hydrogens (tertiary/aromatic N) is 4. The molecule has 54 heavy (non-hydrogen) atoms. The van der Waals surface area contributed by atoms with E-state index in [4.69, 9.17) is 4.74 Å². The Balaban J connectivity index is 1.29. The second-order valence-corrected chi connectivity index (χ2v) is 13.2. The van der Waals surface area contributed by atoms with Crippen LogP contribution in [0, 0.1) is 11.6 Å². The van der Waals surface area contributed by atoms with Crippen molar-refractivity contribution in [2.75, 3.05) is 13.1 Å². The number of fused-ring (bicyclic) bond motifs is 1. The van der Waals surface area contributed by atoms with E-state index >= 15 is 0 Å². The molecule has 4 aromatic carbocycles. The number of aryl methyl sites for hydroxylation is 2. The van der Waals surface area contributed by atoms with Gasteiger partial charge in [-0.25, -0.2) is 13.6 Å². The molecule has 2 heterocycles. The molecular formula is C41H37F5N4O4. The molecule has 1 aliphatic heterocycles. The summed E-state index contributed by atoms with van der Waals surface area (Å²) in [5.41, 5.74) is 1.36. The molecule has 13 heteroatoms. The minimum Gasteiger partial charge on any atom is -0.416 e. The van der Waals surface area contributed by atoms with Crippen molar-refractivity contribution < 1.29 is 36.3 Å². The molecule has 1 saturated heterocycles. The number of benzene rings is 4. The van der Waals surface area contributed by atoms with Crippen LogP contribution in [0.5, 0.6) is 0 Å². The van der Waals surface area contributed by atoms with Crippen LogP contribution >= 0.6 is 0 Å². The first-order valence-corrected chi connectivity index (χ1v) is 17.4. The summed E-state index contributed by atoms with van der Waals surface area (Å²) in [6.07, 6.45) is -4.02. The van der Waals surface area contributed by atoms with Crippen LogP contribution in [0.3, 0.4) is 0 Å². The average Bonchev–Trinajstić information content (AvgIpc) is 3.15. The lowest BCUT2D eigenvalue weighted by atomic mass is 10.00. The molecular weight excluding hydrogens is 707 g/mol. The van der Waals surface area contributed by atoms with Crippen LogP contribution in [-0.4, -0.2) is 50.5 Å². The number of allylic oxidation sites excluding steroid dienone is 1. The van der Waals surface area contributed by atoms with Gasteiger partial charge in [-0.2, -0.15) is 18.2 Å². The van der Waals surface area contributed by atoms with Crippen molar-refractivity contribution in [1.29, 1.82) is 0 Å². The van der Waals surface area contributed by atoms with Gasteiger partial charge in [0.2, 0.25) is 5.91 Å². The van der Waals surface area contributed by atoms with E-state index in [9.17, 15) is 36.3 Å². The minimum absolute atomic E-state index is 0.0241. The second-order valence-electron chi connectivity index (χ2n) is 13.2. The summed E-state index contributed by atoms with van der Waals surface area (Å²) in [5.74, 6) is -1.80. The number of para-hydroxylation sites is 1. The summed E-state index contributed by atoms with van der Waals surface area (Å²) in [7, 11) is 0. The Morgan fingerprint density at radius 3 is 2.19 bits per heavy atom. The molecule has 8 nitrogen and oxygen atoms in total. The maximum Gasteiger partial charge on any atom is 0.416 e. The summed E-state index contributed by atoms with van der Waals surface area (Å²) < 4.78 is 74.7. The topological polar surface area (TPSA) is 84.7 Å². The molecule has 0 atom stereocenters. The molecule has 0 N–H and O–H groups in total. The van der Waals surface area contributed by atoms with E-state index in [1.54, 1.807) is 57.7 Å². The van der Waals surface area contributed by atoms with E-state index in [0.717, 1.165) is 23.8 Å². The SMILES string of the molecule is C=C(C)OC(=O)N1CCC(N(Cc2ccc(-c3ccc(C(F)(F)F)cc3)cc2)C(=O)Cn2c(CCc3cccc(F)c3F)nc(=O)c3ccccc32)CC1. The van der Waals surface area contributed by atoms with E-state index in [0.29, 0.717) is 48.0 Å². The quantitative estimate of drug-likeness (QED) is 0.106. The molecule has 1 aromatic heterocycles. The lowest BCUT2D eigenvalue weighted by molar-refractivity contribution is -0.137. The first-order chi connectivity index (χ1) is 25.8. The highest BCUT2D eigenvalue weighted by atomic mass is 19.4. The zero-order chi connectivity index (χ0) is 38.6. The van der Waals surface area contributed by atoms with Gasteiger partial charge in [0.05, 0.1) is 22.2 Å². The number of amides is 2. The predicted octanol–water partition coefficient (Wildman–Crippen LogP) is 8.31. The average molecular weight is 745 g/mol. The summed E-state index contributed by atoms with van der Waals surface area (Å²) in [5, 5.41) is 0.292. The van der Waals surface area contributed by atoms with Gasteiger partial charge in [-0.05, 0) is 78.8 Å². The first-order valence-electron chi connectivity index (χ1n) is 17.4. The lowest BCUT2D eigenvalue weighted by Crippen LogP contribution is -2.49. The Morgan fingerprint density at radius 2 is 1.54 bits per heavy atom. The van der Waals surface area contributed by atoms with Crippen LogP contribution in [0.1, 0.15) is 42.3 Å². The van der Waals surface area contributed by atoms with Gasteiger partial charge < -0.3 is 19.1 Å². The van der Waals surface area contributed by atoms with Gasteiger partial charge in [-0.15, -0.1) is 0 Å². The van der Waals surface area contributed by atoms with Crippen LogP contribution < -0.4 is 5.56 Å². The van der Waals surface area contributed by atoms with E-state index in [1.807, 2.05) is 12.1 Å². The number of likely N-dealkylation sites (tertiary alicyclic amines) is 1. The molecule has 1 aliphatic rings. The third kappa shape index (κ3) is 8.67. The van der Waals surface area contributed by atoms with Gasteiger partial charge in [0.15, 0.2) is 11.6 Å². The van der Waals surface area contributed by atoms with E-state index in [2.05, 4.69) is 11.6 Å². The Bertz CT molecular complexity index is 2230.